The number of hydrogen-bond acceptors (Lipinski definition) is 3. The number of rotatable bonds is 4. The Bertz CT molecular complexity index is 811. The fourth-order valence-corrected chi connectivity index (χ4v) is 3.29. The number of imidazole rings is 1. The van der Waals surface area contributed by atoms with Gasteiger partial charge < -0.3 is 10.6 Å². The Morgan fingerprint density at radius 2 is 2.13 bits per heavy atom. The van der Waals surface area contributed by atoms with Crippen LogP contribution in [0, 0.1) is 0 Å². The second kappa shape index (κ2) is 7.21. The van der Waals surface area contributed by atoms with Gasteiger partial charge in [0.1, 0.15) is 0 Å². The van der Waals surface area contributed by atoms with Crippen LogP contribution in [0.2, 0.25) is 10.0 Å². The van der Waals surface area contributed by atoms with Crippen molar-refractivity contribution in [3.63, 3.8) is 0 Å². The van der Waals surface area contributed by atoms with E-state index in [1.165, 1.54) is 0 Å². The van der Waals surface area contributed by atoms with E-state index in [1.54, 1.807) is 24.5 Å². The lowest BCUT2D eigenvalue weighted by atomic mass is 10.2. The van der Waals surface area contributed by atoms with E-state index in [2.05, 4.69) is 20.6 Å². The average Bonchev–Trinajstić information content (AvgIpc) is 3.10. The highest BCUT2D eigenvalue weighted by atomic mass is 35.5. The van der Waals surface area contributed by atoms with Crippen LogP contribution in [0.3, 0.4) is 0 Å². The Morgan fingerprint density at radius 1 is 1.30 bits per heavy atom. The van der Waals surface area contributed by atoms with Gasteiger partial charge in [-0.15, -0.1) is 11.3 Å². The van der Waals surface area contributed by atoms with E-state index >= 15 is 0 Å². The number of nitrogens with one attached hydrogen (secondary N) is 2. The van der Waals surface area contributed by atoms with Crippen molar-refractivity contribution in [2.24, 2.45) is 4.99 Å². The molecule has 0 aliphatic carbocycles. The molecule has 0 radical (unpaired) electrons. The third-order valence-electron chi connectivity index (χ3n) is 3.27. The molecular weight excluding hydrogens is 353 g/mol. The lowest BCUT2D eigenvalue weighted by molar-refractivity contribution is 0.798. The molecule has 2 N–H and O–H groups in total. The van der Waals surface area contributed by atoms with E-state index in [1.807, 2.05) is 34.3 Å². The molecule has 0 aliphatic rings. The fraction of sp³-hybridized carbons (Fsp3) is 0.200. The molecule has 8 heteroatoms. The minimum atomic E-state index is 0.563. The molecule has 0 saturated carbocycles. The van der Waals surface area contributed by atoms with Gasteiger partial charge in [0.2, 0.25) is 0 Å². The average molecular weight is 368 g/mol. The minimum absolute atomic E-state index is 0.563. The molecule has 0 unspecified atom stereocenters. The second-order valence-electron chi connectivity index (χ2n) is 4.84. The molecule has 0 atom stereocenters. The molecular formula is C15H15Cl2N5S. The summed E-state index contributed by atoms with van der Waals surface area (Å²) in [7, 11) is 1.73. The molecule has 5 nitrogen and oxygen atoms in total. The standard InChI is InChI=1S/C15H15Cl2N5S/c1-18-14(19-7-10-2-3-11(16)6-13(10)17)20-8-12-9-22-4-5-23-15(22)21-12/h2-6,9H,7-8H2,1H3,(H2,18,19,20). The summed E-state index contributed by atoms with van der Waals surface area (Å²) in [6, 6.07) is 5.45. The quantitative estimate of drug-likeness (QED) is 0.547. The minimum Gasteiger partial charge on any atom is -0.352 e. The zero-order valence-electron chi connectivity index (χ0n) is 12.4. The maximum Gasteiger partial charge on any atom is 0.193 e. The molecule has 1 aromatic carbocycles. The summed E-state index contributed by atoms with van der Waals surface area (Å²) < 4.78 is 2.01. The first kappa shape index (κ1) is 16.1. The lowest BCUT2D eigenvalue weighted by Crippen LogP contribution is -2.36. The molecule has 0 bridgehead atoms. The molecule has 0 saturated heterocycles. The fourth-order valence-electron chi connectivity index (χ4n) is 2.10. The van der Waals surface area contributed by atoms with Crippen molar-refractivity contribution in [3.8, 4) is 0 Å². The number of guanidine groups is 1. The van der Waals surface area contributed by atoms with Gasteiger partial charge in [-0.05, 0) is 17.7 Å². The molecule has 2 aromatic heterocycles. The highest BCUT2D eigenvalue weighted by Crippen LogP contribution is 2.20. The predicted octanol–water partition coefficient (Wildman–Crippen LogP) is 3.57. The second-order valence-corrected chi connectivity index (χ2v) is 6.56. The molecule has 23 heavy (non-hydrogen) atoms. The molecule has 120 valence electrons. The van der Waals surface area contributed by atoms with Gasteiger partial charge in [-0.2, -0.15) is 0 Å². The SMILES string of the molecule is CN=C(NCc1cn2ccsc2n1)NCc1ccc(Cl)cc1Cl. The van der Waals surface area contributed by atoms with E-state index in [4.69, 9.17) is 23.2 Å². The number of hydrogen-bond donors (Lipinski definition) is 2. The Balaban J connectivity index is 1.56. The number of benzene rings is 1. The van der Waals surface area contributed by atoms with Gasteiger partial charge in [-0.25, -0.2) is 4.98 Å². The molecule has 0 fully saturated rings. The van der Waals surface area contributed by atoms with E-state index in [0.717, 1.165) is 16.2 Å². The Labute approximate surface area is 148 Å². The Morgan fingerprint density at radius 3 is 2.87 bits per heavy atom. The normalized spacial score (nSPS) is 11.9. The molecule has 3 aromatic rings. The first-order valence-electron chi connectivity index (χ1n) is 6.95. The summed E-state index contributed by atoms with van der Waals surface area (Å²) in [6.07, 6.45) is 3.99. The molecule has 0 aliphatic heterocycles. The van der Waals surface area contributed by atoms with Crippen molar-refractivity contribution in [2.45, 2.75) is 13.1 Å². The summed E-state index contributed by atoms with van der Waals surface area (Å²) in [5.41, 5.74) is 1.92. The van der Waals surface area contributed by atoms with Crippen LogP contribution in [0.1, 0.15) is 11.3 Å². The Hall–Kier alpha value is -1.76. The molecule has 2 heterocycles. The summed E-state index contributed by atoms with van der Waals surface area (Å²) >= 11 is 13.7. The van der Waals surface area contributed by atoms with Crippen LogP contribution in [0.25, 0.3) is 4.96 Å². The number of fused-ring (bicyclic) bond motifs is 1. The predicted molar refractivity (Wildman–Crippen MR) is 96.6 cm³/mol. The topological polar surface area (TPSA) is 53.7 Å². The van der Waals surface area contributed by atoms with Crippen molar-refractivity contribution >= 4 is 45.5 Å². The van der Waals surface area contributed by atoms with Crippen molar-refractivity contribution in [2.75, 3.05) is 7.05 Å². The van der Waals surface area contributed by atoms with E-state index in [9.17, 15) is 0 Å². The number of halogens is 2. The van der Waals surface area contributed by atoms with E-state index < -0.39 is 0 Å². The van der Waals surface area contributed by atoms with Crippen LogP contribution in [0.15, 0.2) is 41.0 Å². The molecule has 3 rings (SSSR count). The van der Waals surface area contributed by atoms with E-state index in [-0.39, 0.29) is 0 Å². The maximum absolute atomic E-state index is 6.17. The van der Waals surface area contributed by atoms with Crippen LogP contribution in [0.4, 0.5) is 0 Å². The Kier molecular flexibility index (Phi) is 5.05. The number of aromatic nitrogens is 2. The van der Waals surface area contributed by atoms with Crippen LogP contribution in [-0.2, 0) is 13.1 Å². The third kappa shape index (κ3) is 3.96. The maximum atomic E-state index is 6.17. The monoisotopic (exact) mass is 367 g/mol. The van der Waals surface area contributed by atoms with Crippen molar-refractivity contribution in [1.29, 1.82) is 0 Å². The molecule has 0 amide bonds. The van der Waals surface area contributed by atoms with Gasteiger partial charge in [0.15, 0.2) is 10.9 Å². The van der Waals surface area contributed by atoms with Gasteiger partial charge in [0, 0.05) is 41.4 Å². The lowest BCUT2D eigenvalue weighted by Gasteiger charge is -2.12. The van der Waals surface area contributed by atoms with Crippen molar-refractivity contribution in [3.05, 3.63) is 57.3 Å². The summed E-state index contributed by atoms with van der Waals surface area (Å²) in [4.78, 5) is 9.71. The van der Waals surface area contributed by atoms with Crippen molar-refractivity contribution < 1.29 is 0 Å². The first-order valence-corrected chi connectivity index (χ1v) is 8.59. The zero-order chi connectivity index (χ0) is 16.2. The van der Waals surface area contributed by atoms with Gasteiger partial charge >= 0.3 is 0 Å². The van der Waals surface area contributed by atoms with Gasteiger partial charge in [-0.3, -0.25) is 9.39 Å². The number of aliphatic imine (C=N–C) groups is 1. The summed E-state index contributed by atoms with van der Waals surface area (Å²) in [5, 5.41) is 9.73. The van der Waals surface area contributed by atoms with Crippen LogP contribution in [-0.4, -0.2) is 22.4 Å². The van der Waals surface area contributed by atoms with Gasteiger partial charge in [-0.1, -0.05) is 29.3 Å². The van der Waals surface area contributed by atoms with Gasteiger partial charge in [0.25, 0.3) is 0 Å². The van der Waals surface area contributed by atoms with Crippen LogP contribution < -0.4 is 10.6 Å². The molecule has 0 spiro atoms. The zero-order valence-corrected chi connectivity index (χ0v) is 14.7. The van der Waals surface area contributed by atoms with Crippen molar-refractivity contribution in [1.82, 2.24) is 20.0 Å². The smallest absolute Gasteiger partial charge is 0.193 e. The van der Waals surface area contributed by atoms with E-state index in [0.29, 0.717) is 29.1 Å². The number of nitrogens with zero attached hydrogens (tertiary/aromatic N) is 3. The first-order chi connectivity index (χ1) is 11.2. The third-order valence-corrected chi connectivity index (χ3v) is 4.62. The summed E-state index contributed by atoms with van der Waals surface area (Å²) in [5.74, 6) is 0.687. The van der Waals surface area contributed by atoms with Crippen LogP contribution >= 0.6 is 34.5 Å². The van der Waals surface area contributed by atoms with Crippen LogP contribution in [0.5, 0.6) is 0 Å². The summed E-state index contributed by atoms with van der Waals surface area (Å²) in [6.45, 7) is 1.16. The number of thiazole rings is 1. The van der Waals surface area contributed by atoms with Gasteiger partial charge in [0.05, 0.1) is 12.2 Å². The highest BCUT2D eigenvalue weighted by Gasteiger charge is 2.05. The largest absolute Gasteiger partial charge is 0.352 e. The highest BCUT2D eigenvalue weighted by molar-refractivity contribution is 7.15.